The van der Waals surface area contributed by atoms with Crippen LogP contribution in [0.15, 0.2) is 121 Å². The first-order valence-electron chi connectivity index (χ1n) is 27.7. The third kappa shape index (κ3) is 11.5. The summed E-state index contributed by atoms with van der Waals surface area (Å²) in [5.41, 5.74) is -1.13. The topological polar surface area (TPSA) is 547 Å². The van der Waals surface area contributed by atoms with Crippen molar-refractivity contribution in [2.24, 2.45) is 0 Å². The average Bonchev–Trinajstić information content (AvgIpc) is 0.727. The van der Waals surface area contributed by atoms with Crippen molar-refractivity contribution in [3.63, 3.8) is 0 Å². The van der Waals surface area contributed by atoms with Crippen LogP contribution in [-0.4, -0.2) is 112 Å². The molecule has 14 rings (SSSR count). The normalized spacial score (nSPS) is 11.8. The monoisotopic (exact) mass is 1360 g/mol. The Hall–Kier alpha value is -15.2. The second-order valence-electron chi connectivity index (χ2n) is 21.2. The number of hydrogen-bond donors (Lipinski definition) is 22. The van der Waals surface area contributed by atoms with E-state index in [0.29, 0.717) is 0 Å². The predicted octanol–water partition coefficient (Wildman–Crippen LogP) is 13.2. The molecule has 3 aliphatic rings. The maximum Gasteiger partial charge on any atom is 0.220 e. The van der Waals surface area contributed by atoms with E-state index >= 15 is 0 Å². The molecule has 0 aromatic heterocycles. The van der Waals surface area contributed by atoms with Crippen molar-refractivity contribution in [3.8, 4) is 264 Å². The van der Waals surface area contributed by atoms with E-state index in [4.69, 9.17) is 52.1 Å². The summed E-state index contributed by atoms with van der Waals surface area (Å²) in [6, 6.07) is 19.0. The minimum atomic E-state index is -0.858. The van der Waals surface area contributed by atoms with Crippen molar-refractivity contribution >= 4 is 0 Å². The van der Waals surface area contributed by atoms with E-state index in [9.17, 15) is 112 Å². The number of rotatable bonds is 11. The first kappa shape index (κ1) is 62.6. The summed E-state index contributed by atoms with van der Waals surface area (Å²) in [6.07, 6.45) is 0. The van der Waals surface area contributed by atoms with Crippen molar-refractivity contribution in [2.45, 2.75) is 0 Å². The first-order chi connectivity index (χ1) is 47.0. The second-order valence-corrected chi connectivity index (χ2v) is 21.2. The third-order valence-corrected chi connectivity index (χ3v) is 14.1. The fourth-order valence-electron chi connectivity index (χ4n) is 10.1. The van der Waals surface area contributed by atoms with Crippen LogP contribution in [-0.2, 0) is 0 Å². The standard InChI is InChI=1S/C42H26O21.C24H16O12/c43-13-1-14(44)4-18(3-13)57-35-26(54)11-27(55)36-41(35)62-33-24(52)9-20(48)30(39(33)60-36)31-21(49)10-25(53)34-40(31)61-37-28(56)12-29(59-32-22(50)7-17(47)8-23(32)51)38(42(37)63-34)58-19-5-15(45)2-16(46)6-19;25-9-1-10(26)3-13(2-9)33-23-19(34-20-14(29)4-11(27)5-15(20)30)8-17(32)22-24(23)36-21-16(31)6-12(28)7-18(21)35-22/h1-12,43-56H;1-8,25-32H. The number of hydrogen-bond acceptors (Lipinski definition) is 33. The van der Waals surface area contributed by atoms with E-state index in [1.54, 1.807) is 0 Å². The molecule has 99 heavy (non-hydrogen) atoms. The van der Waals surface area contributed by atoms with Gasteiger partial charge in [0.05, 0.1) is 11.1 Å². The zero-order valence-corrected chi connectivity index (χ0v) is 48.9. The first-order valence-corrected chi connectivity index (χ1v) is 27.7. The fourth-order valence-corrected chi connectivity index (χ4v) is 10.1. The highest BCUT2D eigenvalue weighted by Gasteiger charge is 2.41. The lowest BCUT2D eigenvalue weighted by molar-refractivity contribution is 0.296. The van der Waals surface area contributed by atoms with Crippen LogP contribution in [0.5, 0.6) is 253 Å². The van der Waals surface area contributed by atoms with Gasteiger partial charge in [-0.15, -0.1) is 0 Å². The van der Waals surface area contributed by atoms with Gasteiger partial charge in [-0.05, 0) is 0 Å². The number of aromatic hydroxyl groups is 22. The van der Waals surface area contributed by atoms with Crippen molar-refractivity contribution in [1.29, 1.82) is 0 Å². The number of phenols is 22. The predicted molar refractivity (Wildman–Crippen MR) is 327 cm³/mol. The molecule has 33 nitrogen and oxygen atoms in total. The van der Waals surface area contributed by atoms with Crippen LogP contribution in [0.4, 0.5) is 0 Å². The highest BCUT2D eigenvalue weighted by molar-refractivity contribution is 5.94. The fraction of sp³-hybridized carbons (Fsp3) is 0. The summed E-state index contributed by atoms with van der Waals surface area (Å²) >= 11 is 0. The molecule has 22 N–H and O–H groups in total. The summed E-state index contributed by atoms with van der Waals surface area (Å²) in [5.74, 6) is -24.0. The van der Waals surface area contributed by atoms with Crippen molar-refractivity contribution in [3.05, 3.63) is 121 Å². The SMILES string of the molecule is Oc1cc(O)cc(Oc2c(O)cc(O)c3c2Oc2c(O)cc(O)c(-c4c(O)cc(O)c5c4Oc4c(O)cc(Oc6c(O)cc(O)cc6O)c(Oc6cc(O)cc(O)c6)c4O5)c2O3)c1.Oc1cc(O)cc(Oc2c(Oc3c(O)cc(O)cc3O)cc(O)c3c2Oc2c(O)cc(O)cc2O3)c1. The molecular formula is C66H42O33. The third-order valence-electron chi connectivity index (χ3n) is 14.1. The maximum atomic E-state index is 11.4. The van der Waals surface area contributed by atoms with Gasteiger partial charge in [-0.3, -0.25) is 0 Å². The number of ether oxygens (including phenoxy) is 11. The summed E-state index contributed by atoms with van der Waals surface area (Å²) in [4.78, 5) is 0. The van der Waals surface area contributed by atoms with E-state index in [2.05, 4.69) is 0 Å². The molecule has 11 aromatic rings. The molecule has 0 saturated heterocycles. The Labute approximate surface area is 548 Å². The molecule has 3 aliphatic heterocycles. The van der Waals surface area contributed by atoms with Crippen LogP contribution < -0.4 is 52.1 Å². The maximum absolute atomic E-state index is 11.4. The van der Waals surface area contributed by atoms with Crippen LogP contribution in [0.3, 0.4) is 0 Å². The van der Waals surface area contributed by atoms with Crippen LogP contribution in [0.25, 0.3) is 11.1 Å². The lowest BCUT2D eigenvalue weighted by Crippen LogP contribution is -2.06. The zero-order chi connectivity index (χ0) is 70.5. The zero-order valence-electron chi connectivity index (χ0n) is 48.9. The average molecular weight is 1360 g/mol. The Morgan fingerprint density at radius 1 is 0.172 bits per heavy atom. The molecule has 33 heteroatoms. The molecule has 0 radical (unpaired) electrons. The van der Waals surface area contributed by atoms with Crippen molar-refractivity contribution in [2.75, 3.05) is 0 Å². The van der Waals surface area contributed by atoms with Gasteiger partial charge in [0, 0.05) is 121 Å². The minimum Gasteiger partial charge on any atom is -0.508 e. The molecule has 3 heterocycles. The Balaban J connectivity index is 0.000000207. The Kier molecular flexibility index (Phi) is 14.8. The van der Waals surface area contributed by atoms with Crippen molar-refractivity contribution < 1.29 is 164 Å². The molecular weight excluding hydrogens is 1320 g/mol. The van der Waals surface area contributed by atoms with Gasteiger partial charge in [-0.1, -0.05) is 0 Å². The molecule has 504 valence electrons. The van der Waals surface area contributed by atoms with Crippen LogP contribution in [0, 0.1) is 0 Å². The number of phenolic OH excluding ortho intramolecular Hbond substituents is 22. The van der Waals surface area contributed by atoms with Gasteiger partial charge in [0.15, 0.2) is 92.0 Å². The molecule has 0 saturated carbocycles. The Morgan fingerprint density at radius 3 is 0.808 bits per heavy atom. The van der Waals surface area contributed by atoms with Gasteiger partial charge in [-0.2, -0.15) is 0 Å². The van der Waals surface area contributed by atoms with Gasteiger partial charge in [0.25, 0.3) is 0 Å². The Morgan fingerprint density at radius 2 is 0.424 bits per heavy atom. The highest BCUT2D eigenvalue weighted by Crippen LogP contribution is 2.69. The number of fused-ring (bicyclic) bond motifs is 6. The molecule has 0 spiro atoms. The van der Waals surface area contributed by atoms with E-state index in [1.807, 2.05) is 0 Å². The summed E-state index contributed by atoms with van der Waals surface area (Å²) < 4.78 is 64.0. The van der Waals surface area contributed by atoms with Crippen LogP contribution in [0.1, 0.15) is 0 Å². The van der Waals surface area contributed by atoms with Gasteiger partial charge in [0.1, 0.15) is 80.5 Å². The van der Waals surface area contributed by atoms with Gasteiger partial charge in [-0.25, -0.2) is 0 Å². The van der Waals surface area contributed by atoms with E-state index in [-0.39, 0.29) is 69.0 Å². The van der Waals surface area contributed by atoms with Gasteiger partial charge >= 0.3 is 0 Å². The second kappa shape index (κ2) is 23.4. The number of benzene rings is 11. The van der Waals surface area contributed by atoms with Crippen LogP contribution in [0.2, 0.25) is 0 Å². The van der Waals surface area contributed by atoms with Gasteiger partial charge < -0.3 is 164 Å². The lowest BCUT2D eigenvalue weighted by Gasteiger charge is -2.29. The molecule has 0 atom stereocenters. The minimum absolute atomic E-state index is 0.131. The van der Waals surface area contributed by atoms with E-state index in [0.717, 1.165) is 121 Å². The molecule has 0 fully saturated rings. The molecule has 11 aromatic carbocycles. The summed E-state index contributed by atoms with van der Waals surface area (Å²) in [7, 11) is 0. The summed E-state index contributed by atoms with van der Waals surface area (Å²) in [5, 5.41) is 229. The van der Waals surface area contributed by atoms with E-state index < -0.39 is 195 Å². The molecule has 0 unspecified atom stereocenters. The summed E-state index contributed by atoms with van der Waals surface area (Å²) in [6.45, 7) is 0. The highest BCUT2D eigenvalue weighted by atomic mass is 16.6. The quantitative estimate of drug-likeness (QED) is 0.0572. The smallest absolute Gasteiger partial charge is 0.220 e. The van der Waals surface area contributed by atoms with Gasteiger partial charge in [0.2, 0.25) is 80.5 Å². The van der Waals surface area contributed by atoms with Crippen LogP contribution >= 0.6 is 0 Å². The van der Waals surface area contributed by atoms with E-state index in [1.165, 1.54) is 0 Å². The Bertz CT molecular complexity index is 5130. The van der Waals surface area contributed by atoms with Crippen molar-refractivity contribution in [1.82, 2.24) is 0 Å². The lowest BCUT2D eigenvalue weighted by atomic mass is 9.98. The molecule has 0 amide bonds. The molecule has 0 bridgehead atoms. The molecule has 0 aliphatic carbocycles. The largest absolute Gasteiger partial charge is 0.508 e.